The van der Waals surface area contributed by atoms with Gasteiger partial charge < -0.3 is 4.74 Å². The smallest absolute Gasteiger partial charge is 0.302 e. The van der Waals surface area contributed by atoms with Gasteiger partial charge >= 0.3 is 5.97 Å². The van der Waals surface area contributed by atoms with Gasteiger partial charge in [0.1, 0.15) is 11.5 Å². The van der Waals surface area contributed by atoms with E-state index in [9.17, 15) is 4.79 Å². The average Bonchev–Trinajstić information content (AvgIpc) is 2.14. The Hall–Kier alpha value is -1.56. The molecule has 0 radical (unpaired) electrons. The second-order valence-electron chi connectivity index (χ2n) is 3.73. The van der Waals surface area contributed by atoms with Crippen LogP contribution in [0.15, 0.2) is 24.3 Å². The lowest BCUT2D eigenvalue weighted by Gasteiger charge is -2.48. The number of rotatable bonds is 1. The van der Waals surface area contributed by atoms with Crippen LogP contribution in [0.4, 0.5) is 0 Å². The first-order valence-electron chi connectivity index (χ1n) is 4.63. The Morgan fingerprint density at radius 3 is 3.00 bits per heavy atom. The third kappa shape index (κ3) is 1.07. The molecule has 2 rings (SSSR count). The minimum atomic E-state index is -0.597. The van der Waals surface area contributed by atoms with Crippen molar-refractivity contribution in [3.8, 4) is 6.07 Å². The van der Waals surface area contributed by atoms with E-state index in [-0.39, 0.29) is 18.0 Å². The van der Waals surface area contributed by atoms with E-state index >= 15 is 0 Å². The predicted molar refractivity (Wildman–Crippen MR) is 50.0 cm³/mol. The molecule has 3 unspecified atom stereocenters. The number of nitrogens with zero attached hydrogens (tertiary/aromatic N) is 1. The van der Waals surface area contributed by atoms with Crippen molar-refractivity contribution >= 4 is 5.97 Å². The first-order valence-corrected chi connectivity index (χ1v) is 4.63. The summed E-state index contributed by atoms with van der Waals surface area (Å²) in [7, 11) is 0. The minimum Gasteiger partial charge on any atom is -0.460 e. The number of fused-ring (bicyclic) bond motifs is 1. The van der Waals surface area contributed by atoms with Crippen LogP contribution in [0.5, 0.6) is 0 Å². The zero-order valence-corrected chi connectivity index (χ0v) is 7.93. The molecular weight excluding hydrogens is 178 g/mol. The number of ether oxygens (including phenoxy) is 1. The van der Waals surface area contributed by atoms with Gasteiger partial charge in [0.05, 0.1) is 6.07 Å². The zero-order valence-electron chi connectivity index (χ0n) is 7.93. The van der Waals surface area contributed by atoms with E-state index in [0.29, 0.717) is 0 Å². The molecule has 2 aliphatic rings. The number of carbonyl (C=O) groups is 1. The lowest BCUT2D eigenvalue weighted by Crippen LogP contribution is -2.53. The van der Waals surface area contributed by atoms with E-state index in [4.69, 9.17) is 10.00 Å². The van der Waals surface area contributed by atoms with Crippen LogP contribution in [-0.4, -0.2) is 12.1 Å². The Morgan fingerprint density at radius 2 is 2.43 bits per heavy atom. The lowest BCUT2D eigenvalue weighted by atomic mass is 9.57. The van der Waals surface area contributed by atoms with Crippen LogP contribution >= 0.6 is 0 Å². The van der Waals surface area contributed by atoms with Gasteiger partial charge in [0.25, 0.3) is 0 Å². The van der Waals surface area contributed by atoms with Crippen molar-refractivity contribution < 1.29 is 9.53 Å². The maximum atomic E-state index is 10.8. The van der Waals surface area contributed by atoms with Crippen molar-refractivity contribution in [1.82, 2.24) is 0 Å². The van der Waals surface area contributed by atoms with E-state index in [0.717, 1.165) is 6.42 Å². The molecule has 0 aromatic carbocycles. The summed E-state index contributed by atoms with van der Waals surface area (Å²) in [6.45, 7) is 1.38. The van der Waals surface area contributed by atoms with Gasteiger partial charge in [-0.15, -0.1) is 0 Å². The summed E-state index contributed by atoms with van der Waals surface area (Å²) in [6.07, 6.45) is 8.11. The van der Waals surface area contributed by atoms with E-state index < -0.39 is 5.41 Å². The fourth-order valence-corrected chi connectivity index (χ4v) is 2.12. The normalized spacial score (nSPS) is 38.0. The third-order valence-corrected chi connectivity index (χ3v) is 2.94. The molecule has 0 N–H and O–H groups in total. The molecule has 0 aromatic heterocycles. The quantitative estimate of drug-likeness (QED) is 0.588. The molecule has 0 heterocycles. The molecule has 0 bridgehead atoms. The largest absolute Gasteiger partial charge is 0.460 e. The van der Waals surface area contributed by atoms with Crippen molar-refractivity contribution in [3.05, 3.63) is 24.3 Å². The average molecular weight is 189 g/mol. The Balaban J connectivity index is 2.19. The van der Waals surface area contributed by atoms with Gasteiger partial charge in [0.2, 0.25) is 0 Å². The lowest BCUT2D eigenvalue weighted by molar-refractivity contribution is -0.161. The molecule has 0 aromatic rings. The second kappa shape index (κ2) is 2.98. The van der Waals surface area contributed by atoms with Gasteiger partial charge in [-0.1, -0.05) is 24.3 Å². The molecule has 72 valence electrons. The summed E-state index contributed by atoms with van der Waals surface area (Å²) in [5.74, 6) is -0.104. The summed E-state index contributed by atoms with van der Waals surface area (Å²) in [5.41, 5.74) is -0.597. The van der Waals surface area contributed by atoms with Crippen LogP contribution in [0.2, 0.25) is 0 Å². The topological polar surface area (TPSA) is 50.1 Å². The Morgan fingerprint density at radius 1 is 1.64 bits per heavy atom. The summed E-state index contributed by atoms with van der Waals surface area (Å²) >= 11 is 0. The maximum Gasteiger partial charge on any atom is 0.302 e. The van der Waals surface area contributed by atoms with Crippen LogP contribution in [0.25, 0.3) is 0 Å². The van der Waals surface area contributed by atoms with E-state index in [1.807, 2.05) is 24.3 Å². The van der Waals surface area contributed by atoms with Gasteiger partial charge in [-0.05, 0) is 6.42 Å². The molecular formula is C11H11NO2. The fraction of sp³-hybridized carbons (Fsp3) is 0.455. The molecule has 14 heavy (non-hydrogen) atoms. The molecule has 1 saturated carbocycles. The molecule has 0 aliphatic heterocycles. The summed E-state index contributed by atoms with van der Waals surface area (Å²) in [5, 5.41) is 9.13. The number of hydrogen-bond acceptors (Lipinski definition) is 3. The van der Waals surface area contributed by atoms with Crippen molar-refractivity contribution in [2.24, 2.45) is 11.3 Å². The third-order valence-electron chi connectivity index (χ3n) is 2.94. The van der Waals surface area contributed by atoms with Gasteiger partial charge in [-0.2, -0.15) is 5.26 Å². The van der Waals surface area contributed by atoms with Crippen molar-refractivity contribution in [2.75, 3.05) is 0 Å². The predicted octanol–water partition coefficient (Wildman–Crippen LogP) is 1.57. The first kappa shape index (κ1) is 9.01. The first-order chi connectivity index (χ1) is 6.69. The van der Waals surface area contributed by atoms with Crippen molar-refractivity contribution in [2.45, 2.75) is 19.4 Å². The van der Waals surface area contributed by atoms with Crippen LogP contribution in [0.3, 0.4) is 0 Å². The van der Waals surface area contributed by atoms with Crippen LogP contribution in [0.1, 0.15) is 13.3 Å². The number of hydrogen-bond donors (Lipinski definition) is 0. The standard InChI is InChI=1S/C11H11NO2/c1-8(13)14-10-6-9-4-2-3-5-11(9,10)7-12/h2-5,9-10H,6H2,1H3. The van der Waals surface area contributed by atoms with Crippen molar-refractivity contribution in [1.29, 1.82) is 5.26 Å². The maximum absolute atomic E-state index is 10.8. The molecule has 3 nitrogen and oxygen atoms in total. The van der Waals surface area contributed by atoms with Gasteiger partial charge in [0.15, 0.2) is 0 Å². The Kier molecular flexibility index (Phi) is 1.92. The van der Waals surface area contributed by atoms with Gasteiger partial charge in [0, 0.05) is 12.8 Å². The molecule has 2 aliphatic carbocycles. The highest BCUT2D eigenvalue weighted by Crippen LogP contribution is 2.51. The molecule has 0 saturated heterocycles. The van der Waals surface area contributed by atoms with Crippen molar-refractivity contribution in [3.63, 3.8) is 0 Å². The highest BCUT2D eigenvalue weighted by atomic mass is 16.5. The second-order valence-corrected chi connectivity index (χ2v) is 3.73. The molecule has 0 spiro atoms. The summed E-state index contributed by atoms with van der Waals surface area (Å²) in [4.78, 5) is 10.8. The molecule has 0 amide bonds. The molecule has 1 fully saturated rings. The van der Waals surface area contributed by atoms with Gasteiger partial charge in [-0.3, -0.25) is 4.79 Å². The van der Waals surface area contributed by atoms with E-state index in [1.54, 1.807) is 0 Å². The highest BCUT2D eigenvalue weighted by Gasteiger charge is 2.55. The van der Waals surface area contributed by atoms with Crippen LogP contribution in [0, 0.1) is 22.7 Å². The number of nitriles is 1. The minimum absolute atomic E-state index is 0.210. The molecule has 3 atom stereocenters. The summed E-state index contributed by atoms with van der Waals surface area (Å²) < 4.78 is 5.10. The monoisotopic (exact) mass is 189 g/mol. The highest BCUT2D eigenvalue weighted by molar-refractivity contribution is 5.66. The van der Waals surface area contributed by atoms with E-state index in [2.05, 4.69) is 6.07 Å². The molecule has 3 heteroatoms. The van der Waals surface area contributed by atoms with Crippen LogP contribution < -0.4 is 0 Å². The van der Waals surface area contributed by atoms with Gasteiger partial charge in [-0.25, -0.2) is 0 Å². The summed E-state index contributed by atoms with van der Waals surface area (Å²) in [6, 6.07) is 2.26. The van der Waals surface area contributed by atoms with E-state index in [1.165, 1.54) is 6.92 Å². The SMILES string of the molecule is CC(=O)OC1CC2C=CC=CC21C#N. The Bertz CT molecular complexity index is 364. The number of allylic oxidation sites excluding steroid dienone is 3. The Labute approximate surface area is 82.7 Å². The number of carbonyl (C=O) groups excluding carboxylic acids is 1. The number of esters is 1. The fourth-order valence-electron chi connectivity index (χ4n) is 2.12. The zero-order chi connectivity index (χ0) is 10.2. The van der Waals surface area contributed by atoms with Crippen LogP contribution in [-0.2, 0) is 9.53 Å².